The molecule has 0 unspecified atom stereocenters. The predicted octanol–water partition coefficient (Wildman–Crippen LogP) is 7.16. The number of unbranched alkanes of at least 4 members (excludes halogenated alkanes) is 7. The second kappa shape index (κ2) is 9.36. The van der Waals surface area contributed by atoms with E-state index in [-0.39, 0.29) is 0 Å². The second-order valence-corrected chi connectivity index (χ2v) is 7.34. The van der Waals surface area contributed by atoms with Crippen LogP contribution in [-0.2, 0) is 6.42 Å². The summed E-state index contributed by atoms with van der Waals surface area (Å²) in [6.07, 6.45) is 12.5. The highest BCUT2D eigenvalue weighted by atomic mass is 32.1. The average molecular weight is 307 g/mol. The lowest BCUT2D eigenvalue weighted by molar-refractivity contribution is 0.576. The minimum Gasteiger partial charge on any atom is -0.143 e. The third-order valence-electron chi connectivity index (χ3n) is 3.79. The van der Waals surface area contributed by atoms with E-state index < -0.39 is 0 Å². The van der Waals surface area contributed by atoms with E-state index in [4.69, 9.17) is 0 Å². The molecule has 0 saturated carbocycles. The Hall–Kier alpha value is -0.600. The van der Waals surface area contributed by atoms with E-state index in [2.05, 4.69) is 35.9 Å². The average Bonchev–Trinajstić information content (AvgIpc) is 3.11. The summed E-state index contributed by atoms with van der Waals surface area (Å²) in [6, 6.07) is 6.72. The first-order chi connectivity index (χ1) is 9.92. The summed E-state index contributed by atoms with van der Waals surface area (Å²) in [4.78, 5) is 2.94. The molecule has 0 amide bonds. The topological polar surface area (TPSA) is 0 Å². The second-order valence-electron chi connectivity index (χ2n) is 5.48. The van der Waals surface area contributed by atoms with Crippen LogP contribution < -0.4 is 0 Å². The first-order valence-electron chi connectivity index (χ1n) is 8.02. The Morgan fingerprint density at radius 2 is 1.55 bits per heavy atom. The van der Waals surface area contributed by atoms with Crippen LogP contribution in [0.4, 0.5) is 0 Å². The molecule has 0 atom stereocenters. The van der Waals surface area contributed by atoms with Crippen molar-refractivity contribution >= 4 is 22.7 Å². The first-order valence-corrected chi connectivity index (χ1v) is 9.78. The van der Waals surface area contributed by atoms with Gasteiger partial charge in [0.25, 0.3) is 0 Å². The normalized spacial score (nSPS) is 11.1. The quantitative estimate of drug-likeness (QED) is 0.408. The Balaban J connectivity index is 1.64. The van der Waals surface area contributed by atoms with Crippen molar-refractivity contribution < 1.29 is 0 Å². The van der Waals surface area contributed by atoms with E-state index in [1.165, 1.54) is 67.5 Å². The maximum atomic E-state index is 2.32. The highest BCUT2D eigenvalue weighted by Crippen LogP contribution is 2.33. The van der Waals surface area contributed by atoms with Gasteiger partial charge in [0.2, 0.25) is 0 Å². The molecule has 20 heavy (non-hydrogen) atoms. The summed E-state index contributed by atoms with van der Waals surface area (Å²) in [5.74, 6) is 0. The zero-order valence-electron chi connectivity index (χ0n) is 12.6. The zero-order chi connectivity index (χ0) is 14.0. The van der Waals surface area contributed by atoms with Crippen molar-refractivity contribution in [2.24, 2.45) is 0 Å². The van der Waals surface area contributed by atoms with Crippen molar-refractivity contribution in [3.63, 3.8) is 0 Å². The molecule has 2 rings (SSSR count). The van der Waals surface area contributed by atoms with Crippen LogP contribution in [-0.4, -0.2) is 0 Å². The van der Waals surface area contributed by atoms with Gasteiger partial charge in [0.05, 0.1) is 0 Å². The van der Waals surface area contributed by atoms with E-state index in [0.717, 1.165) is 0 Å². The van der Waals surface area contributed by atoms with Gasteiger partial charge >= 0.3 is 0 Å². The van der Waals surface area contributed by atoms with Gasteiger partial charge in [-0.15, -0.1) is 22.7 Å². The summed E-state index contributed by atoms with van der Waals surface area (Å²) in [7, 11) is 0. The fourth-order valence-electron chi connectivity index (χ4n) is 2.61. The number of hydrogen-bond acceptors (Lipinski definition) is 2. The molecule has 0 aliphatic rings. The van der Waals surface area contributed by atoms with Crippen molar-refractivity contribution in [3.05, 3.63) is 34.5 Å². The van der Waals surface area contributed by atoms with Crippen LogP contribution in [0.1, 0.15) is 63.9 Å². The van der Waals surface area contributed by atoms with Gasteiger partial charge in [0.15, 0.2) is 0 Å². The van der Waals surface area contributed by atoms with Crippen molar-refractivity contribution in [3.8, 4) is 9.75 Å². The molecule has 2 aromatic rings. The number of aryl methyl sites for hydroxylation is 1. The Bertz CT molecular complexity index is 453. The Morgan fingerprint density at radius 3 is 2.25 bits per heavy atom. The lowest BCUT2D eigenvalue weighted by atomic mass is 10.0. The molecular formula is C18H26S2. The van der Waals surface area contributed by atoms with Gasteiger partial charge in [-0.3, -0.25) is 0 Å². The molecule has 2 aromatic heterocycles. The number of hydrogen-bond donors (Lipinski definition) is 0. The molecule has 0 saturated heterocycles. The Kier molecular flexibility index (Phi) is 7.38. The largest absolute Gasteiger partial charge is 0.143 e. The zero-order valence-corrected chi connectivity index (χ0v) is 14.2. The standard InChI is InChI=1S/C18H26S2/c1-2-3-4-5-6-7-8-9-11-16-13-15-20-18(16)17-12-10-14-19-17/h10,12-15H,2-9,11H2,1H3. The molecule has 0 fully saturated rings. The summed E-state index contributed by atoms with van der Waals surface area (Å²) in [6.45, 7) is 2.28. The fraction of sp³-hybridized carbons (Fsp3) is 0.556. The highest BCUT2D eigenvalue weighted by Gasteiger charge is 2.07. The van der Waals surface area contributed by atoms with Gasteiger partial charge in [0, 0.05) is 9.75 Å². The first kappa shape index (κ1) is 15.8. The molecule has 0 aromatic carbocycles. The van der Waals surface area contributed by atoms with Crippen molar-refractivity contribution in [2.75, 3.05) is 0 Å². The Morgan fingerprint density at radius 1 is 0.800 bits per heavy atom. The monoisotopic (exact) mass is 306 g/mol. The van der Waals surface area contributed by atoms with Gasteiger partial charge in [0.1, 0.15) is 0 Å². The summed E-state index contributed by atoms with van der Waals surface area (Å²) in [5.41, 5.74) is 1.56. The van der Waals surface area contributed by atoms with Crippen LogP contribution in [0.3, 0.4) is 0 Å². The third kappa shape index (κ3) is 5.06. The van der Waals surface area contributed by atoms with Gasteiger partial charge in [-0.2, -0.15) is 0 Å². The van der Waals surface area contributed by atoms with Crippen LogP contribution in [0.2, 0.25) is 0 Å². The molecule has 0 bridgehead atoms. The number of rotatable bonds is 10. The van der Waals surface area contributed by atoms with E-state index in [0.29, 0.717) is 0 Å². The lowest BCUT2D eigenvalue weighted by Gasteiger charge is -2.03. The maximum Gasteiger partial charge on any atom is 0.0474 e. The van der Waals surface area contributed by atoms with E-state index in [1.54, 1.807) is 5.56 Å². The fourth-order valence-corrected chi connectivity index (χ4v) is 4.47. The molecule has 0 spiro atoms. The molecule has 2 heteroatoms. The molecule has 2 heterocycles. The molecule has 0 radical (unpaired) electrons. The highest BCUT2D eigenvalue weighted by molar-refractivity contribution is 7.20. The molecule has 0 N–H and O–H groups in total. The van der Waals surface area contributed by atoms with Crippen molar-refractivity contribution in [1.29, 1.82) is 0 Å². The SMILES string of the molecule is CCCCCCCCCCc1ccsc1-c1cccs1. The molecule has 110 valence electrons. The van der Waals surface area contributed by atoms with Crippen LogP contribution in [0.15, 0.2) is 29.0 Å². The van der Waals surface area contributed by atoms with Crippen LogP contribution in [0.5, 0.6) is 0 Å². The van der Waals surface area contributed by atoms with Gasteiger partial charge in [-0.05, 0) is 41.3 Å². The van der Waals surface area contributed by atoms with Crippen molar-refractivity contribution in [2.45, 2.75) is 64.7 Å². The minimum absolute atomic E-state index is 1.26. The van der Waals surface area contributed by atoms with Crippen LogP contribution in [0.25, 0.3) is 9.75 Å². The Labute approximate surface area is 131 Å². The van der Waals surface area contributed by atoms with Crippen molar-refractivity contribution in [1.82, 2.24) is 0 Å². The van der Waals surface area contributed by atoms with E-state index in [1.807, 2.05) is 22.7 Å². The van der Waals surface area contributed by atoms with E-state index in [9.17, 15) is 0 Å². The van der Waals surface area contributed by atoms with E-state index >= 15 is 0 Å². The molecule has 0 aliphatic heterocycles. The molecular weight excluding hydrogens is 280 g/mol. The van der Waals surface area contributed by atoms with Crippen LogP contribution >= 0.6 is 22.7 Å². The lowest BCUT2D eigenvalue weighted by Crippen LogP contribution is -1.86. The molecule has 0 nitrogen and oxygen atoms in total. The number of thiophene rings is 2. The van der Waals surface area contributed by atoms with Gasteiger partial charge in [-0.25, -0.2) is 0 Å². The van der Waals surface area contributed by atoms with Crippen LogP contribution in [0, 0.1) is 0 Å². The predicted molar refractivity (Wildman–Crippen MR) is 93.9 cm³/mol. The summed E-state index contributed by atoms with van der Waals surface area (Å²) >= 11 is 3.76. The summed E-state index contributed by atoms with van der Waals surface area (Å²) in [5, 5.41) is 4.42. The minimum atomic E-state index is 1.26. The molecule has 0 aliphatic carbocycles. The van der Waals surface area contributed by atoms with Gasteiger partial charge in [-0.1, -0.05) is 57.9 Å². The third-order valence-corrected chi connectivity index (χ3v) is 5.80. The maximum absolute atomic E-state index is 2.32. The summed E-state index contributed by atoms with van der Waals surface area (Å²) < 4.78 is 0. The van der Waals surface area contributed by atoms with Gasteiger partial charge < -0.3 is 0 Å². The smallest absolute Gasteiger partial charge is 0.0474 e.